The Morgan fingerprint density at radius 1 is 0.744 bits per heavy atom. The van der Waals surface area contributed by atoms with Crippen LogP contribution in [0.5, 0.6) is 0 Å². The van der Waals surface area contributed by atoms with Crippen molar-refractivity contribution in [3.8, 4) is 0 Å². The summed E-state index contributed by atoms with van der Waals surface area (Å²) in [7, 11) is -1.48. The number of unbranched alkanes of at least 4 members (excludes halogenated alkanes) is 2. The van der Waals surface area contributed by atoms with Crippen LogP contribution in [-0.4, -0.2) is 145 Å². The molecule has 2 aromatic carbocycles. The van der Waals surface area contributed by atoms with Crippen LogP contribution in [0.1, 0.15) is 153 Å². The predicted molar refractivity (Wildman–Crippen MR) is 324 cm³/mol. The maximum Gasteiger partial charge on any atom is 0.410 e. The quantitative estimate of drug-likeness (QED) is 0.0308. The van der Waals surface area contributed by atoms with Gasteiger partial charge >= 0.3 is 12.1 Å². The van der Waals surface area contributed by atoms with Crippen molar-refractivity contribution in [2.75, 3.05) is 27.2 Å². The molecular formula is C62H92N10O13S. The van der Waals surface area contributed by atoms with Crippen molar-refractivity contribution in [2.45, 2.75) is 193 Å². The van der Waals surface area contributed by atoms with Gasteiger partial charge in [-0.15, -0.1) is 0 Å². The van der Waals surface area contributed by atoms with Crippen molar-refractivity contribution in [2.24, 2.45) is 23.0 Å². The molecule has 0 spiro atoms. The van der Waals surface area contributed by atoms with Crippen LogP contribution in [0.25, 0.3) is 0 Å². The number of carbonyl (C=O) groups is 10. The number of likely N-dealkylation sites (N-methyl/N-ethyl adjacent to an activating group) is 2. The third-order valence-electron chi connectivity index (χ3n) is 15.3. The van der Waals surface area contributed by atoms with Crippen molar-refractivity contribution in [1.29, 1.82) is 0 Å². The van der Waals surface area contributed by atoms with Gasteiger partial charge in [0, 0.05) is 56.7 Å². The maximum absolute atomic E-state index is 14.7. The zero-order valence-corrected chi connectivity index (χ0v) is 53.5. The molecule has 1 heterocycles. The van der Waals surface area contributed by atoms with Crippen LogP contribution < -0.4 is 37.0 Å². The molecule has 474 valence electrons. The summed E-state index contributed by atoms with van der Waals surface area (Å²) in [5.74, 6) is -5.12. The Hall–Kier alpha value is -7.63. The van der Waals surface area contributed by atoms with Gasteiger partial charge in [0.05, 0.1) is 16.5 Å². The number of nitrogens with two attached hydrogens (primary N) is 1. The molecule has 1 aliphatic heterocycles. The molecule has 23 nitrogen and oxygen atoms in total. The Labute approximate surface area is 507 Å². The fourth-order valence-corrected chi connectivity index (χ4v) is 11.1. The zero-order valence-electron chi connectivity index (χ0n) is 52.7. The number of sulfonamides is 1. The Morgan fingerprint density at radius 2 is 1.34 bits per heavy atom. The lowest BCUT2D eigenvalue weighted by Gasteiger charge is -2.42. The molecule has 1 saturated carbocycles. The molecule has 8 N–H and O–H groups in total. The van der Waals surface area contributed by atoms with Crippen molar-refractivity contribution in [1.82, 2.24) is 46.0 Å². The van der Waals surface area contributed by atoms with E-state index in [1.807, 2.05) is 58.0 Å². The highest BCUT2D eigenvalue weighted by molar-refractivity contribution is 7.90. The van der Waals surface area contributed by atoms with Crippen LogP contribution in [0.4, 0.5) is 9.59 Å². The number of ether oxygens (including phenoxy) is 1. The Balaban J connectivity index is 1.47. The minimum Gasteiger partial charge on any atom is -0.444 e. The molecule has 2 aromatic rings. The topological polar surface area (TPSA) is 322 Å². The van der Waals surface area contributed by atoms with E-state index < -0.39 is 116 Å². The van der Waals surface area contributed by atoms with E-state index in [1.165, 1.54) is 73.3 Å². The summed E-state index contributed by atoms with van der Waals surface area (Å²) in [5, 5.41) is 14.0. The first kappa shape index (κ1) is 70.9. The zero-order chi connectivity index (χ0) is 64.9. The smallest absolute Gasteiger partial charge is 0.410 e. The minimum atomic E-state index is -4.49. The van der Waals surface area contributed by atoms with E-state index in [2.05, 4.69) is 31.3 Å². The van der Waals surface area contributed by atoms with E-state index in [9.17, 15) is 56.4 Å². The highest BCUT2D eigenvalue weighted by atomic mass is 32.2. The summed E-state index contributed by atoms with van der Waals surface area (Å²) < 4.78 is 35.5. The van der Waals surface area contributed by atoms with E-state index in [0.717, 1.165) is 10.5 Å². The molecule has 1 aliphatic carbocycles. The minimum absolute atomic E-state index is 0.0184. The molecule has 4 rings (SSSR count). The van der Waals surface area contributed by atoms with Gasteiger partial charge < -0.3 is 42.0 Å². The number of hydrogen-bond donors (Lipinski definition) is 7. The number of nitrogens with one attached hydrogen (secondary N) is 6. The fourth-order valence-electron chi connectivity index (χ4n) is 10.1. The van der Waals surface area contributed by atoms with Gasteiger partial charge in [-0.25, -0.2) is 22.7 Å². The normalized spacial score (nSPS) is 16.1. The molecule has 0 saturated heterocycles. The highest BCUT2D eigenvalue weighted by Crippen LogP contribution is 2.46. The summed E-state index contributed by atoms with van der Waals surface area (Å²) in [6.07, 6.45) is 5.98. The molecule has 2 aliphatic rings. The number of nitrogens with zero attached hydrogens (tertiary/aromatic N) is 3. The van der Waals surface area contributed by atoms with E-state index in [4.69, 9.17) is 10.5 Å². The van der Waals surface area contributed by atoms with Gasteiger partial charge in [0.2, 0.25) is 29.5 Å². The van der Waals surface area contributed by atoms with Crippen molar-refractivity contribution in [3.63, 3.8) is 0 Å². The number of carbonyl (C=O) groups excluding carboxylic acids is 10. The number of primary amides is 1. The van der Waals surface area contributed by atoms with Gasteiger partial charge in [0.25, 0.3) is 27.7 Å². The largest absolute Gasteiger partial charge is 0.444 e. The highest BCUT2D eigenvalue weighted by Gasteiger charge is 2.48. The lowest BCUT2D eigenvalue weighted by molar-refractivity contribution is -0.142. The first-order valence-corrected chi connectivity index (χ1v) is 30.7. The summed E-state index contributed by atoms with van der Waals surface area (Å²) in [5.41, 5.74) is 2.87. The molecule has 0 radical (unpaired) electrons. The first-order chi connectivity index (χ1) is 39.8. The van der Waals surface area contributed by atoms with E-state index in [-0.39, 0.29) is 60.6 Å². The van der Waals surface area contributed by atoms with E-state index in [1.54, 1.807) is 55.4 Å². The second-order valence-corrected chi connectivity index (χ2v) is 27.4. The van der Waals surface area contributed by atoms with Crippen LogP contribution in [-0.2, 0) is 64.1 Å². The number of rotatable bonds is 29. The Kier molecular flexibility index (Phi) is 24.4. The van der Waals surface area contributed by atoms with Crippen molar-refractivity contribution >= 4 is 69.4 Å². The maximum atomic E-state index is 14.7. The van der Waals surface area contributed by atoms with Crippen molar-refractivity contribution in [3.05, 3.63) is 89.5 Å². The monoisotopic (exact) mass is 1220 g/mol. The molecule has 86 heavy (non-hydrogen) atoms. The molecule has 1 fully saturated rings. The van der Waals surface area contributed by atoms with Gasteiger partial charge in [-0.05, 0) is 107 Å². The van der Waals surface area contributed by atoms with Gasteiger partial charge in [0.1, 0.15) is 29.8 Å². The van der Waals surface area contributed by atoms with Crippen LogP contribution in [0.2, 0.25) is 0 Å². The van der Waals surface area contributed by atoms with Crippen molar-refractivity contribution < 1.29 is 61.1 Å². The number of hydrogen-bond acceptors (Lipinski definition) is 13. The third kappa shape index (κ3) is 19.7. The molecule has 0 unspecified atom stereocenters. The van der Waals surface area contributed by atoms with Gasteiger partial charge in [-0.3, -0.25) is 48.2 Å². The third-order valence-corrected chi connectivity index (χ3v) is 16.6. The van der Waals surface area contributed by atoms with E-state index >= 15 is 0 Å². The summed E-state index contributed by atoms with van der Waals surface area (Å²) >= 11 is 0. The fraction of sp³-hybridized carbons (Fsp3) is 0.581. The molecule has 0 bridgehead atoms. The average molecular weight is 1220 g/mol. The average Bonchev–Trinajstić information content (AvgIpc) is 1.62. The summed E-state index contributed by atoms with van der Waals surface area (Å²) in [4.78, 5) is 136. The number of imide groups is 1. The van der Waals surface area contributed by atoms with Gasteiger partial charge in [-0.2, -0.15) is 0 Å². The second kappa shape index (κ2) is 29.6. The molecule has 11 amide bonds. The van der Waals surface area contributed by atoms with Crippen LogP contribution in [0.3, 0.4) is 0 Å². The first-order valence-electron chi connectivity index (χ1n) is 29.3. The van der Waals surface area contributed by atoms with Crippen LogP contribution in [0, 0.1) is 17.3 Å². The predicted octanol–water partition coefficient (Wildman–Crippen LogP) is 5.33. The lowest BCUT2D eigenvalue weighted by Crippen LogP contribution is -2.63. The Bertz CT molecular complexity index is 2960. The molecular weight excluding hydrogens is 1120 g/mol. The molecule has 0 aromatic heterocycles. The van der Waals surface area contributed by atoms with Crippen LogP contribution in [0.15, 0.2) is 83.3 Å². The van der Waals surface area contributed by atoms with Gasteiger partial charge in [0.15, 0.2) is 0 Å². The molecule has 5 atom stereocenters. The lowest BCUT2D eigenvalue weighted by atomic mass is 9.76. The standard InChI is InChI=1S/C62H92N10O13S/c1-38(2)45(70(14)56(80)50(59(6,7)8)67-55(79)51(71(15)58(82)85-60(9,10)11)61(12,13)41-23-18-16-19-24-41)37-40(5)52(76)69-86(83,84)43-29-27-42(28-30-43)62(33-34-62)68-53(77)44(25-22-35-64-57(63)81)65-54(78)49(39(3)4)66-46(73)26-20-17-21-36-72-47(74)31-32-48(72)75/h16,18-19,23-24,27-32,37-39,44-45,49-51H,17,20-22,25-26,33-36H2,1-15H3,(H,65,78)(H,66,73)(H,67,79)(H,68,77)(H,69,76)(H3,63,64,81)/b40-37+/t44-,45-,49-,50-,51-/m1/s1. The number of benzene rings is 2. The second-order valence-electron chi connectivity index (χ2n) is 25.7. The SMILES string of the molecule is C/C(=C\[C@H](C(C)C)N(C)C(=O)[C@@H](NC(=O)[C@@H](N(C)C(=O)OC(C)(C)C)C(C)(C)c1ccccc1)C(C)(C)C)C(=O)NS(=O)(=O)c1ccc(C2(NC(=O)[C@@H](CCCNC(N)=O)NC(=O)[C@H](NC(=O)CCCCCN3C(=O)C=CC3=O)C(C)C)CC2)cc1. The van der Waals surface area contributed by atoms with Crippen LogP contribution >= 0.6 is 0 Å². The molecule has 24 heteroatoms. The number of amides is 11. The van der Waals surface area contributed by atoms with E-state index in [0.29, 0.717) is 37.7 Å². The Morgan fingerprint density at radius 3 is 1.86 bits per heavy atom. The summed E-state index contributed by atoms with van der Waals surface area (Å²) in [6, 6.07) is 8.85. The summed E-state index contributed by atoms with van der Waals surface area (Å²) in [6.45, 7) is 23.1. The van der Waals surface area contributed by atoms with Gasteiger partial charge in [-0.1, -0.05) is 117 Å². The number of urea groups is 1.